The molecule has 0 aromatic heterocycles. The Morgan fingerprint density at radius 3 is 2.62 bits per heavy atom. The molecule has 6 heteroatoms. The number of nitrogens with one attached hydrogen (secondary N) is 1. The molecule has 1 fully saturated rings. The molecule has 0 spiro atoms. The van der Waals surface area contributed by atoms with E-state index in [-0.39, 0.29) is 17.9 Å². The lowest BCUT2D eigenvalue weighted by Crippen LogP contribution is -2.35. The molecule has 5 nitrogen and oxygen atoms in total. The van der Waals surface area contributed by atoms with Gasteiger partial charge in [-0.2, -0.15) is 0 Å². The molecule has 1 aliphatic heterocycles. The summed E-state index contributed by atoms with van der Waals surface area (Å²) in [6, 6.07) is 5.45. The molecular weight excluding hydrogens is 390 g/mol. The van der Waals surface area contributed by atoms with Gasteiger partial charge in [-0.25, -0.2) is 4.79 Å². The average molecular weight is 416 g/mol. The summed E-state index contributed by atoms with van der Waals surface area (Å²) in [6.45, 7) is 1.88. The van der Waals surface area contributed by atoms with Crippen LogP contribution in [0.25, 0.3) is 0 Å². The molecule has 0 radical (unpaired) electrons. The lowest BCUT2D eigenvalue weighted by Gasteiger charge is -2.34. The third-order valence-electron chi connectivity index (χ3n) is 6.08. The normalized spacial score (nSPS) is 22.4. The highest BCUT2D eigenvalue weighted by atomic mass is 35.5. The van der Waals surface area contributed by atoms with Gasteiger partial charge >= 0.3 is 5.97 Å². The van der Waals surface area contributed by atoms with E-state index in [1.54, 1.807) is 19.2 Å². The standard InChI is InChI=1S/C23H26ClNO4/c1-13-20(23(27)29-15-6-3-4-7-15)21(14-10-11-19(28-2)16(24)12-14)22-17(25-13)8-5-9-18(22)26/h10-12,15,21,25H,3-9H2,1-2H3/t21-/m1/s1. The van der Waals surface area contributed by atoms with Gasteiger partial charge in [-0.05, 0) is 63.1 Å². The number of rotatable bonds is 4. The summed E-state index contributed by atoms with van der Waals surface area (Å²) in [5, 5.41) is 3.78. The second kappa shape index (κ2) is 8.23. The van der Waals surface area contributed by atoms with Crippen LogP contribution in [0, 0.1) is 0 Å². The van der Waals surface area contributed by atoms with Crippen molar-refractivity contribution >= 4 is 23.4 Å². The van der Waals surface area contributed by atoms with Gasteiger partial charge in [0, 0.05) is 29.3 Å². The predicted octanol–water partition coefficient (Wildman–Crippen LogP) is 4.80. The number of allylic oxidation sites excluding steroid dienone is 3. The Balaban J connectivity index is 1.78. The van der Waals surface area contributed by atoms with Crippen LogP contribution >= 0.6 is 11.6 Å². The third-order valence-corrected chi connectivity index (χ3v) is 6.38. The van der Waals surface area contributed by atoms with Crippen LogP contribution in [0.4, 0.5) is 0 Å². The van der Waals surface area contributed by atoms with Crippen molar-refractivity contribution in [3.8, 4) is 5.75 Å². The number of carbonyl (C=O) groups is 2. The maximum Gasteiger partial charge on any atom is 0.337 e. The summed E-state index contributed by atoms with van der Waals surface area (Å²) in [4.78, 5) is 26.1. The zero-order chi connectivity index (χ0) is 20.5. The summed E-state index contributed by atoms with van der Waals surface area (Å²) in [5.41, 5.74) is 3.64. The second-order valence-electron chi connectivity index (χ2n) is 7.97. The van der Waals surface area contributed by atoms with E-state index in [1.165, 1.54) is 0 Å². The Kier molecular flexibility index (Phi) is 5.68. The molecule has 1 saturated carbocycles. The van der Waals surface area contributed by atoms with Gasteiger partial charge < -0.3 is 14.8 Å². The minimum absolute atomic E-state index is 0.0414. The predicted molar refractivity (Wildman–Crippen MR) is 111 cm³/mol. The highest BCUT2D eigenvalue weighted by molar-refractivity contribution is 6.32. The zero-order valence-corrected chi connectivity index (χ0v) is 17.6. The smallest absolute Gasteiger partial charge is 0.337 e. The first-order valence-electron chi connectivity index (χ1n) is 10.3. The molecule has 0 unspecified atom stereocenters. The van der Waals surface area contributed by atoms with Crippen LogP contribution in [0.1, 0.15) is 63.4 Å². The van der Waals surface area contributed by atoms with Crippen LogP contribution < -0.4 is 10.1 Å². The molecule has 1 heterocycles. The molecule has 2 aliphatic carbocycles. The van der Waals surface area contributed by atoms with E-state index in [4.69, 9.17) is 21.1 Å². The van der Waals surface area contributed by atoms with E-state index >= 15 is 0 Å². The van der Waals surface area contributed by atoms with E-state index in [9.17, 15) is 9.59 Å². The summed E-state index contributed by atoms with van der Waals surface area (Å²) in [7, 11) is 1.56. The van der Waals surface area contributed by atoms with Gasteiger partial charge in [-0.1, -0.05) is 17.7 Å². The number of esters is 1. The Labute approximate surface area is 176 Å². The first-order chi connectivity index (χ1) is 14.0. The van der Waals surface area contributed by atoms with E-state index in [2.05, 4.69) is 5.32 Å². The van der Waals surface area contributed by atoms with Crippen LogP contribution in [-0.2, 0) is 14.3 Å². The van der Waals surface area contributed by atoms with Crippen molar-refractivity contribution in [2.24, 2.45) is 0 Å². The lowest BCUT2D eigenvalue weighted by molar-refractivity contribution is -0.144. The minimum atomic E-state index is -0.476. The van der Waals surface area contributed by atoms with Crippen molar-refractivity contribution in [2.45, 2.75) is 63.9 Å². The van der Waals surface area contributed by atoms with E-state index in [0.717, 1.165) is 55.5 Å². The fourth-order valence-electron chi connectivity index (χ4n) is 4.67. The highest BCUT2D eigenvalue weighted by Crippen LogP contribution is 2.44. The average Bonchev–Trinajstić information content (AvgIpc) is 3.20. The molecule has 3 aliphatic rings. The van der Waals surface area contributed by atoms with Crippen molar-refractivity contribution in [1.29, 1.82) is 0 Å². The van der Waals surface area contributed by atoms with Crippen LogP contribution in [0.5, 0.6) is 5.75 Å². The maximum atomic E-state index is 13.2. The first-order valence-corrected chi connectivity index (χ1v) is 10.7. The molecule has 0 bridgehead atoms. The third kappa shape index (κ3) is 3.80. The zero-order valence-electron chi connectivity index (χ0n) is 16.8. The van der Waals surface area contributed by atoms with Crippen molar-refractivity contribution in [2.75, 3.05) is 7.11 Å². The SMILES string of the molecule is COc1ccc([C@@H]2C(C(=O)OC3CCCC3)=C(C)NC3=C2C(=O)CCC3)cc1Cl. The number of hydrogen-bond donors (Lipinski definition) is 1. The summed E-state index contributed by atoms with van der Waals surface area (Å²) in [5.74, 6) is -0.182. The van der Waals surface area contributed by atoms with Crippen molar-refractivity contribution < 1.29 is 19.1 Å². The summed E-state index contributed by atoms with van der Waals surface area (Å²) in [6.07, 6.45) is 6.03. The van der Waals surface area contributed by atoms with Crippen LogP contribution in [0.15, 0.2) is 40.7 Å². The molecular formula is C23H26ClNO4. The van der Waals surface area contributed by atoms with Gasteiger partial charge in [0.05, 0.1) is 17.7 Å². The quantitative estimate of drug-likeness (QED) is 0.715. The van der Waals surface area contributed by atoms with Gasteiger partial charge in [0.1, 0.15) is 11.9 Å². The molecule has 29 heavy (non-hydrogen) atoms. The van der Waals surface area contributed by atoms with Crippen molar-refractivity contribution in [1.82, 2.24) is 5.32 Å². The number of dihydropyridines is 1. The number of ether oxygens (including phenoxy) is 2. The number of ketones is 1. The molecule has 0 amide bonds. The largest absolute Gasteiger partial charge is 0.495 e. The van der Waals surface area contributed by atoms with E-state index in [0.29, 0.717) is 28.3 Å². The van der Waals surface area contributed by atoms with Crippen molar-refractivity contribution in [3.63, 3.8) is 0 Å². The number of carbonyl (C=O) groups excluding carboxylic acids is 2. The fourth-order valence-corrected chi connectivity index (χ4v) is 4.94. The summed E-state index contributed by atoms with van der Waals surface area (Å²) < 4.78 is 11.1. The van der Waals surface area contributed by atoms with Gasteiger partial charge in [-0.15, -0.1) is 0 Å². The number of Topliss-reactive ketones (excluding diaryl/α,β-unsaturated/α-hetero) is 1. The van der Waals surface area contributed by atoms with Crippen LogP contribution in [0.2, 0.25) is 5.02 Å². The number of methoxy groups -OCH3 is 1. The number of benzene rings is 1. The van der Waals surface area contributed by atoms with Crippen LogP contribution in [-0.4, -0.2) is 25.0 Å². The van der Waals surface area contributed by atoms with Crippen molar-refractivity contribution in [3.05, 3.63) is 51.3 Å². The van der Waals surface area contributed by atoms with Gasteiger partial charge in [0.2, 0.25) is 0 Å². The minimum Gasteiger partial charge on any atom is -0.495 e. The van der Waals surface area contributed by atoms with Gasteiger partial charge in [-0.3, -0.25) is 4.79 Å². The molecule has 1 atom stereocenters. The molecule has 1 aromatic rings. The number of hydrogen-bond acceptors (Lipinski definition) is 5. The summed E-state index contributed by atoms with van der Waals surface area (Å²) >= 11 is 6.39. The Bertz CT molecular complexity index is 911. The topological polar surface area (TPSA) is 64.6 Å². The Hall–Kier alpha value is -2.27. The molecule has 154 valence electrons. The Morgan fingerprint density at radius 1 is 1.17 bits per heavy atom. The monoisotopic (exact) mass is 415 g/mol. The van der Waals surface area contributed by atoms with E-state index < -0.39 is 5.92 Å². The van der Waals surface area contributed by atoms with Gasteiger partial charge in [0.15, 0.2) is 5.78 Å². The molecule has 4 rings (SSSR count). The Morgan fingerprint density at radius 2 is 1.93 bits per heavy atom. The highest BCUT2D eigenvalue weighted by Gasteiger charge is 2.40. The maximum absolute atomic E-state index is 13.2. The lowest BCUT2D eigenvalue weighted by atomic mass is 9.75. The van der Waals surface area contributed by atoms with Gasteiger partial charge in [0.25, 0.3) is 0 Å². The van der Waals surface area contributed by atoms with E-state index in [1.807, 2.05) is 13.0 Å². The molecule has 1 aromatic carbocycles. The second-order valence-corrected chi connectivity index (χ2v) is 8.38. The fraction of sp³-hybridized carbons (Fsp3) is 0.478. The first kappa shape index (κ1) is 20.0. The van der Waals surface area contributed by atoms with Crippen LogP contribution in [0.3, 0.4) is 0 Å². The molecule has 1 N–H and O–H groups in total. The molecule has 0 saturated heterocycles. The number of halogens is 1.